The lowest BCUT2D eigenvalue weighted by Crippen LogP contribution is -2.11. The number of anilines is 2. The largest absolute Gasteiger partial charge is 0.508 e. The first kappa shape index (κ1) is 11.0. The van der Waals surface area contributed by atoms with Gasteiger partial charge in [-0.25, -0.2) is 0 Å². The van der Waals surface area contributed by atoms with Crippen LogP contribution in [0.4, 0.5) is 11.4 Å². The lowest BCUT2D eigenvalue weighted by molar-refractivity contribution is 0.102. The highest BCUT2D eigenvalue weighted by Crippen LogP contribution is 2.16. The van der Waals surface area contributed by atoms with Gasteiger partial charge in [0.25, 0.3) is 5.91 Å². The predicted molar refractivity (Wildman–Crippen MR) is 66.9 cm³/mol. The Hall–Kier alpha value is -2.49. The molecule has 86 valence electrons. The van der Waals surface area contributed by atoms with Crippen LogP contribution in [0, 0.1) is 0 Å². The minimum Gasteiger partial charge on any atom is -0.508 e. The van der Waals surface area contributed by atoms with Gasteiger partial charge in [0, 0.05) is 23.0 Å². The molecule has 0 aromatic heterocycles. The summed E-state index contributed by atoms with van der Waals surface area (Å²) in [6, 6.07) is 13.0. The molecule has 0 bridgehead atoms. The normalized spacial score (nSPS) is 9.88. The zero-order valence-corrected chi connectivity index (χ0v) is 9.05. The summed E-state index contributed by atoms with van der Waals surface area (Å²) in [6.45, 7) is 0. The third-order valence-corrected chi connectivity index (χ3v) is 2.28. The Morgan fingerprint density at radius 2 is 1.82 bits per heavy atom. The summed E-state index contributed by atoms with van der Waals surface area (Å²) in [4.78, 5) is 11.8. The minimum absolute atomic E-state index is 0.111. The highest BCUT2D eigenvalue weighted by molar-refractivity contribution is 6.04. The van der Waals surface area contributed by atoms with Crippen LogP contribution in [-0.4, -0.2) is 11.0 Å². The number of hydrogen-bond acceptors (Lipinski definition) is 3. The van der Waals surface area contributed by atoms with Crippen LogP contribution in [0.2, 0.25) is 0 Å². The summed E-state index contributed by atoms with van der Waals surface area (Å²) < 4.78 is 0. The van der Waals surface area contributed by atoms with Gasteiger partial charge in [-0.05, 0) is 36.4 Å². The number of benzene rings is 2. The summed E-state index contributed by atoms with van der Waals surface area (Å²) in [5.74, 6) is -0.129. The van der Waals surface area contributed by atoms with Gasteiger partial charge in [-0.2, -0.15) is 0 Å². The third kappa shape index (κ3) is 2.75. The van der Waals surface area contributed by atoms with E-state index in [2.05, 4.69) is 5.32 Å². The Bertz CT molecular complexity index is 535. The topological polar surface area (TPSA) is 75.4 Å². The van der Waals surface area contributed by atoms with E-state index in [1.165, 1.54) is 6.07 Å². The second-order valence-corrected chi connectivity index (χ2v) is 3.63. The van der Waals surface area contributed by atoms with Gasteiger partial charge in [-0.15, -0.1) is 0 Å². The SMILES string of the molecule is Nc1ccc(C(=O)Nc2cccc(O)c2)cc1. The van der Waals surface area contributed by atoms with Crippen molar-refractivity contribution in [3.8, 4) is 5.75 Å². The fourth-order valence-electron chi connectivity index (χ4n) is 1.42. The summed E-state index contributed by atoms with van der Waals surface area (Å²) in [7, 11) is 0. The molecule has 0 heterocycles. The van der Waals surface area contributed by atoms with Gasteiger partial charge in [0.1, 0.15) is 5.75 Å². The fourth-order valence-corrected chi connectivity index (χ4v) is 1.42. The number of aromatic hydroxyl groups is 1. The van der Waals surface area contributed by atoms with E-state index in [-0.39, 0.29) is 11.7 Å². The Morgan fingerprint density at radius 1 is 1.12 bits per heavy atom. The zero-order valence-electron chi connectivity index (χ0n) is 9.05. The number of carbonyl (C=O) groups is 1. The molecule has 0 aliphatic carbocycles. The van der Waals surface area contributed by atoms with Crippen LogP contribution in [0.15, 0.2) is 48.5 Å². The fraction of sp³-hybridized carbons (Fsp3) is 0. The molecule has 0 aliphatic heterocycles. The van der Waals surface area contributed by atoms with Crippen molar-refractivity contribution in [2.24, 2.45) is 0 Å². The van der Waals surface area contributed by atoms with Crippen molar-refractivity contribution in [2.45, 2.75) is 0 Å². The molecule has 17 heavy (non-hydrogen) atoms. The summed E-state index contributed by atoms with van der Waals surface area (Å²) in [5, 5.41) is 11.9. The van der Waals surface area contributed by atoms with Gasteiger partial charge in [0.15, 0.2) is 0 Å². The van der Waals surface area contributed by atoms with Crippen LogP contribution in [0.25, 0.3) is 0 Å². The van der Waals surface area contributed by atoms with Gasteiger partial charge in [-0.1, -0.05) is 6.07 Å². The second-order valence-electron chi connectivity index (χ2n) is 3.63. The molecule has 1 amide bonds. The molecule has 0 atom stereocenters. The van der Waals surface area contributed by atoms with Crippen molar-refractivity contribution >= 4 is 17.3 Å². The summed E-state index contributed by atoms with van der Waals surface area (Å²) in [6.07, 6.45) is 0. The minimum atomic E-state index is -0.240. The van der Waals surface area contributed by atoms with E-state index in [1.807, 2.05) is 0 Å². The van der Waals surface area contributed by atoms with E-state index in [9.17, 15) is 9.90 Å². The van der Waals surface area contributed by atoms with Gasteiger partial charge < -0.3 is 16.2 Å². The molecule has 4 nitrogen and oxygen atoms in total. The summed E-state index contributed by atoms with van der Waals surface area (Å²) in [5.41, 5.74) is 7.21. The highest BCUT2D eigenvalue weighted by atomic mass is 16.3. The zero-order chi connectivity index (χ0) is 12.3. The maximum Gasteiger partial charge on any atom is 0.255 e. The number of phenols is 1. The lowest BCUT2D eigenvalue weighted by atomic mass is 10.2. The van der Waals surface area contributed by atoms with Crippen molar-refractivity contribution in [2.75, 3.05) is 11.1 Å². The molecular formula is C13H12N2O2. The quantitative estimate of drug-likeness (QED) is 0.690. The maximum atomic E-state index is 11.8. The van der Waals surface area contributed by atoms with E-state index >= 15 is 0 Å². The number of amides is 1. The van der Waals surface area contributed by atoms with Crippen LogP contribution >= 0.6 is 0 Å². The van der Waals surface area contributed by atoms with Gasteiger partial charge in [0.05, 0.1) is 0 Å². The van der Waals surface area contributed by atoms with E-state index in [1.54, 1.807) is 42.5 Å². The van der Waals surface area contributed by atoms with Crippen molar-refractivity contribution in [3.05, 3.63) is 54.1 Å². The Morgan fingerprint density at radius 3 is 2.47 bits per heavy atom. The smallest absolute Gasteiger partial charge is 0.255 e. The second kappa shape index (κ2) is 4.57. The molecule has 2 aromatic rings. The van der Waals surface area contributed by atoms with Gasteiger partial charge in [0.2, 0.25) is 0 Å². The molecule has 0 saturated carbocycles. The van der Waals surface area contributed by atoms with Crippen LogP contribution in [0.3, 0.4) is 0 Å². The Kier molecular flexibility index (Phi) is 2.96. The van der Waals surface area contributed by atoms with Crippen molar-refractivity contribution in [1.82, 2.24) is 0 Å². The predicted octanol–water partition coefficient (Wildman–Crippen LogP) is 2.23. The van der Waals surface area contributed by atoms with Gasteiger partial charge in [-0.3, -0.25) is 4.79 Å². The molecule has 0 fully saturated rings. The average molecular weight is 228 g/mol. The molecular weight excluding hydrogens is 216 g/mol. The molecule has 0 radical (unpaired) electrons. The maximum absolute atomic E-state index is 11.8. The monoisotopic (exact) mass is 228 g/mol. The van der Waals surface area contributed by atoms with E-state index in [0.29, 0.717) is 16.9 Å². The van der Waals surface area contributed by atoms with Crippen LogP contribution in [0.1, 0.15) is 10.4 Å². The number of rotatable bonds is 2. The van der Waals surface area contributed by atoms with Crippen molar-refractivity contribution in [1.29, 1.82) is 0 Å². The molecule has 4 N–H and O–H groups in total. The standard InChI is InChI=1S/C13H12N2O2/c14-10-6-4-9(5-7-10)13(17)15-11-2-1-3-12(16)8-11/h1-8,16H,14H2,(H,15,17). The molecule has 0 aliphatic rings. The first-order chi connectivity index (χ1) is 8.15. The number of nitrogens with one attached hydrogen (secondary N) is 1. The number of nitrogen functional groups attached to an aromatic ring is 1. The van der Waals surface area contributed by atoms with Crippen molar-refractivity contribution in [3.63, 3.8) is 0 Å². The molecule has 2 aromatic carbocycles. The number of phenolic OH excluding ortho intramolecular Hbond substituents is 1. The Labute approximate surface area is 98.7 Å². The number of carbonyl (C=O) groups excluding carboxylic acids is 1. The first-order valence-electron chi connectivity index (χ1n) is 5.11. The van der Waals surface area contributed by atoms with Crippen LogP contribution < -0.4 is 11.1 Å². The number of hydrogen-bond donors (Lipinski definition) is 3. The molecule has 0 spiro atoms. The van der Waals surface area contributed by atoms with E-state index < -0.39 is 0 Å². The van der Waals surface area contributed by atoms with E-state index in [4.69, 9.17) is 5.73 Å². The van der Waals surface area contributed by atoms with Crippen LogP contribution in [-0.2, 0) is 0 Å². The van der Waals surface area contributed by atoms with Crippen LogP contribution in [0.5, 0.6) is 5.75 Å². The number of nitrogens with two attached hydrogens (primary N) is 1. The summed E-state index contributed by atoms with van der Waals surface area (Å²) >= 11 is 0. The molecule has 0 unspecified atom stereocenters. The Balaban J connectivity index is 2.14. The van der Waals surface area contributed by atoms with E-state index in [0.717, 1.165) is 0 Å². The lowest BCUT2D eigenvalue weighted by Gasteiger charge is -2.05. The first-order valence-corrected chi connectivity index (χ1v) is 5.11. The molecule has 0 saturated heterocycles. The third-order valence-electron chi connectivity index (χ3n) is 2.28. The molecule has 4 heteroatoms. The van der Waals surface area contributed by atoms with Crippen molar-refractivity contribution < 1.29 is 9.90 Å². The highest BCUT2D eigenvalue weighted by Gasteiger charge is 2.05. The molecule has 2 rings (SSSR count). The van der Waals surface area contributed by atoms with Gasteiger partial charge >= 0.3 is 0 Å². The average Bonchev–Trinajstić information content (AvgIpc) is 2.29.